The quantitative estimate of drug-likeness (QED) is 0.915. The van der Waals surface area contributed by atoms with Gasteiger partial charge in [0, 0.05) is 24.0 Å². The molecule has 1 amide bonds. The van der Waals surface area contributed by atoms with Gasteiger partial charge in [0.05, 0.1) is 5.69 Å². The molecule has 1 heterocycles. The zero-order valence-electron chi connectivity index (χ0n) is 11.5. The summed E-state index contributed by atoms with van der Waals surface area (Å²) in [7, 11) is 0. The Balaban J connectivity index is 2.08. The molecule has 1 aromatic heterocycles. The van der Waals surface area contributed by atoms with Gasteiger partial charge in [-0.15, -0.1) is 0 Å². The Morgan fingerprint density at radius 3 is 2.42 bits per heavy atom. The Hall–Kier alpha value is -2.10. The molecule has 1 aromatic carbocycles. The summed E-state index contributed by atoms with van der Waals surface area (Å²) in [4.78, 5) is 12.0. The van der Waals surface area contributed by atoms with E-state index in [0.29, 0.717) is 11.5 Å². The van der Waals surface area contributed by atoms with Crippen molar-refractivity contribution in [1.82, 2.24) is 15.1 Å². The first kappa shape index (κ1) is 13.3. The van der Waals surface area contributed by atoms with Crippen LogP contribution < -0.4 is 5.32 Å². The van der Waals surface area contributed by atoms with Gasteiger partial charge in [0.15, 0.2) is 0 Å². The van der Waals surface area contributed by atoms with Gasteiger partial charge >= 0.3 is 0 Å². The molecule has 19 heavy (non-hydrogen) atoms. The number of nitrogens with zero attached hydrogens (tertiary/aromatic N) is 2. The summed E-state index contributed by atoms with van der Waals surface area (Å²) in [6.45, 7) is 6.19. The van der Waals surface area contributed by atoms with Gasteiger partial charge in [-0.05, 0) is 43.2 Å². The molecule has 0 radical (unpaired) electrons. The SMILES string of the molecule is CC(C)C(C)NC(=O)c1ccc(-n2cccn2)cc1. The molecule has 0 saturated carbocycles. The summed E-state index contributed by atoms with van der Waals surface area (Å²) in [6, 6.07) is 9.45. The van der Waals surface area contributed by atoms with Crippen LogP contribution in [0.1, 0.15) is 31.1 Å². The first-order valence-electron chi connectivity index (χ1n) is 6.49. The monoisotopic (exact) mass is 257 g/mol. The zero-order chi connectivity index (χ0) is 13.8. The summed E-state index contributed by atoms with van der Waals surface area (Å²) < 4.78 is 1.76. The lowest BCUT2D eigenvalue weighted by Gasteiger charge is -2.17. The Morgan fingerprint density at radius 1 is 1.21 bits per heavy atom. The fourth-order valence-electron chi connectivity index (χ4n) is 1.64. The van der Waals surface area contributed by atoms with Crippen LogP contribution in [0.3, 0.4) is 0 Å². The minimum absolute atomic E-state index is 0.0341. The van der Waals surface area contributed by atoms with E-state index in [2.05, 4.69) is 24.3 Å². The highest BCUT2D eigenvalue weighted by molar-refractivity contribution is 5.94. The summed E-state index contributed by atoms with van der Waals surface area (Å²) in [5.74, 6) is 0.389. The van der Waals surface area contributed by atoms with E-state index in [0.717, 1.165) is 5.69 Å². The van der Waals surface area contributed by atoms with Gasteiger partial charge < -0.3 is 5.32 Å². The van der Waals surface area contributed by atoms with Crippen LogP contribution in [0.5, 0.6) is 0 Å². The smallest absolute Gasteiger partial charge is 0.251 e. The number of hydrogen-bond acceptors (Lipinski definition) is 2. The Kier molecular flexibility index (Phi) is 4.00. The van der Waals surface area contributed by atoms with Crippen LogP contribution in [0.25, 0.3) is 5.69 Å². The molecular weight excluding hydrogens is 238 g/mol. The van der Waals surface area contributed by atoms with Crippen LogP contribution in [-0.4, -0.2) is 21.7 Å². The van der Waals surface area contributed by atoms with Crippen LogP contribution in [0.15, 0.2) is 42.7 Å². The highest BCUT2D eigenvalue weighted by atomic mass is 16.1. The molecular formula is C15H19N3O. The molecule has 0 fully saturated rings. The third kappa shape index (κ3) is 3.22. The van der Waals surface area contributed by atoms with Crippen molar-refractivity contribution in [1.29, 1.82) is 0 Å². The second kappa shape index (κ2) is 5.69. The first-order chi connectivity index (χ1) is 9.08. The van der Waals surface area contributed by atoms with Gasteiger partial charge in [-0.25, -0.2) is 4.68 Å². The molecule has 0 aliphatic carbocycles. The molecule has 1 N–H and O–H groups in total. The average Bonchev–Trinajstić information content (AvgIpc) is 2.92. The number of aromatic nitrogens is 2. The second-order valence-electron chi connectivity index (χ2n) is 5.00. The fourth-order valence-corrected chi connectivity index (χ4v) is 1.64. The van der Waals surface area contributed by atoms with Gasteiger partial charge in [0.25, 0.3) is 5.91 Å². The van der Waals surface area contributed by atoms with E-state index in [9.17, 15) is 4.79 Å². The minimum atomic E-state index is -0.0341. The van der Waals surface area contributed by atoms with Crippen LogP contribution in [0.4, 0.5) is 0 Å². The van der Waals surface area contributed by atoms with E-state index in [-0.39, 0.29) is 11.9 Å². The summed E-state index contributed by atoms with van der Waals surface area (Å²) in [5, 5.41) is 7.14. The van der Waals surface area contributed by atoms with Crippen molar-refractivity contribution in [3.8, 4) is 5.69 Å². The van der Waals surface area contributed by atoms with Crippen molar-refractivity contribution >= 4 is 5.91 Å². The highest BCUT2D eigenvalue weighted by Gasteiger charge is 2.12. The summed E-state index contributed by atoms with van der Waals surface area (Å²) in [6.07, 6.45) is 3.60. The lowest BCUT2D eigenvalue weighted by molar-refractivity contribution is 0.0930. The third-order valence-electron chi connectivity index (χ3n) is 3.26. The third-order valence-corrected chi connectivity index (χ3v) is 3.26. The number of rotatable bonds is 4. The highest BCUT2D eigenvalue weighted by Crippen LogP contribution is 2.09. The van der Waals surface area contributed by atoms with Crippen LogP contribution in [0, 0.1) is 5.92 Å². The van der Waals surface area contributed by atoms with Crippen molar-refractivity contribution in [2.75, 3.05) is 0 Å². The molecule has 0 aliphatic rings. The molecule has 0 aliphatic heterocycles. The van der Waals surface area contributed by atoms with E-state index >= 15 is 0 Å². The van der Waals surface area contributed by atoms with Crippen LogP contribution >= 0.6 is 0 Å². The number of carbonyl (C=O) groups excluding carboxylic acids is 1. The fraction of sp³-hybridized carbons (Fsp3) is 0.333. The van der Waals surface area contributed by atoms with Crippen LogP contribution in [0.2, 0.25) is 0 Å². The molecule has 1 unspecified atom stereocenters. The average molecular weight is 257 g/mol. The van der Waals surface area contributed by atoms with E-state index in [1.54, 1.807) is 10.9 Å². The molecule has 2 rings (SSSR count). The molecule has 0 bridgehead atoms. The molecule has 4 nitrogen and oxygen atoms in total. The van der Waals surface area contributed by atoms with Crippen LogP contribution in [-0.2, 0) is 0 Å². The van der Waals surface area contributed by atoms with Gasteiger partial charge in [-0.3, -0.25) is 4.79 Å². The number of benzene rings is 1. The Bertz CT molecular complexity index is 529. The largest absolute Gasteiger partial charge is 0.349 e. The zero-order valence-corrected chi connectivity index (χ0v) is 11.5. The molecule has 100 valence electrons. The molecule has 4 heteroatoms. The maximum Gasteiger partial charge on any atom is 0.251 e. The maximum absolute atomic E-state index is 12.0. The van der Waals surface area contributed by atoms with Gasteiger partial charge in [0.2, 0.25) is 0 Å². The minimum Gasteiger partial charge on any atom is -0.349 e. The van der Waals surface area contributed by atoms with Crippen molar-refractivity contribution < 1.29 is 4.79 Å². The summed E-state index contributed by atoms with van der Waals surface area (Å²) in [5.41, 5.74) is 1.61. The van der Waals surface area contributed by atoms with Crippen molar-refractivity contribution in [3.63, 3.8) is 0 Å². The Morgan fingerprint density at radius 2 is 1.89 bits per heavy atom. The van der Waals surface area contributed by atoms with Gasteiger partial charge in [-0.1, -0.05) is 13.8 Å². The van der Waals surface area contributed by atoms with Crippen molar-refractivity contribution in [2.45, 2.75) is 26.8 Å². The Labute approximate surface area is 113 Å². The molecule has 2 aromatic rings. The molecule has 0 saturated heterocycles. The second-order valence-corrected chi connectivity index (χ2v) is 5.00. The maximum atomic E-state index is 12.0. The topological polar surface area (TPSA) is 46.9 Å². The predicted molar refractivity (Wildman–Crippen MR) is 75.3 cm³/mol. The van der Waals surface area contributed by atoms with E-state index in [4.69, 9.17) is 0 Å². The van der Waals surface area contributed by atoms with E-state index in [1.807, 2.05) is 43.5 Å². The van der Waals surface area contributed by atoms with Gasteiger partial charge in [0.1, 0.15) is 0 Å². The summed E-state index contributed by atoms with van der Waals surface area (Å²) >= 11 is 0. The number of carbonyl (C=O) groups is 1. The molecule has 1 atom stereocenters. The number of hydrogen-bond donors (Lipinski definition) is 1. The first-order valence-corrected chi connectivity index (χ1v) is 6.49. The van der Waals surface area contributed by atoms with E-state index in [1.165, 1.54) is 0 Å². The van der Waals surface area contributed by atoms with E-state index < -0.39 is 0 Å². The normalized spacial score (nSPS) is 12.4. The van der Waals surface area contributed by atoms with Gasteiger partial charge in [-0.2, -0.15) is 5.10 Å². The van der Waals surface area contributed by atoms with Crippen molar-refractivity contribution in [2.24, 2.45) is 5.92 Å². The number of nitrogens with one attached hydrogen (secondary N) is 1. The number of amides is 1. The van der Waals surface area contributed by atoms with Crippen molar-refractivity contribution in [3.05, 3.63) is 48.3 Å². The predicted octanol–water partition coefficient (Wildman–Crippen LogP) is 2.65. The lowest BCUT2D eigenvalue weighted by atomic mass is 10.1. The molecule has 0 spiro atoms. The standard InChI is InChI=1S/C15H19N3O/c1-11(2)12(3)17-15(19)13-5-7-14(8-6-13)18-10-4-9-16-18/h4-12H,1-3H3,(H,17,19). The lowest BCUT2D eigenvalue weighted by Crippen LogP contribution is -2.36.